The van der Waals surface area contributed by atoms with Gasteiger partial charge in [0.15, 0.2) is 5.75 Å². The highest BCUT2D eigenvalue weighted by molar-refractivity contribution is 7.92. The Morgan fingerprint density at radius 3 is 2.40 bits per heavy atom. The van der Waals surface area contributed by atoms with E-state index in [0.717, 1.165) is 38.0 Å². The van der Waals surface area contributed by atoms with Crippen molar-refractivity contribution in [1.82, 2.24) is 19.8 Å². The number of piperazine rings is 1. The standard InChI is InChI=1S/C29H37ClN6O5S/c1-29(2,3)20-16-22(27(40-5)23(17-20)34-42(6,38)39)32-28(37)19-7-8-21(30)24(15-19)41-26-9-10-31-25(33-26)18-36-13-11-35(4)12-14-36/h7-10,15-17,34H,11-14,18H2,1-6H3,(H,32,37). The molecule has 0 saturated carbocycles. The van der Waals surface area contributed by atoms with E-state index in [0.29, 0.717) is 29.0 Å². The van der Waals surface area contributed by atoms with Crippen molar-refractivity contribution >= 4 is 38.9 Å². The van der Waals surface area contributed by atoms with Gasteiger partial charge in [-0.1, -0.05) is 32.4 Å². The van der Waals surface area contributed by atoms with E-state index in [-0.39, 0.29) is 28.2 Å². The van der Waals surface area contributed by atoms with Gasteiger partial charge in [-0.3, -0.25) is 14.4 Å². The number of sulfonamides is 1. The van der Waals surface area contributed by atoms with Crippen LogP contribution in [0.2, 0.25) is 5.02 Å². The molecule has 1 fully saturated rings. The van der Waals surface area contributed by atoms with Gasteiger partial charge < -0.3 is 19.7 Å². The molecular formula is C29H37ClN6O5S. The molecule has 2 N–H and O–H groups in total. The number of methoxy groups -OCH3 is 1. The smallest absolute Gasteiger partial charge is 0.255 e. The number of ether oxygens (including phenoxy) is 2. The van der Waals surface area contributed by atoms with Crippen LogP contribution in [-0.2, 0) is 22.0 Å². The molecule has 1 aromatic heterocycles. The Balaban J connectivity index is 1.57. The highest BCUT2D eigenvalue weighted by Crippen LogP contribution is 2.39. The monoisotopic (exact) mass is 616 g/mol. The number of carbonyl (C=O) groups is 1. The summed E-state index contributed by atoms with van der Waals surface area (Å²) in [6.07, 6.45) is 2.69. The largest absolute Gasteiger partial charge is 0.492 e. The molecule has 1 saturated heterocycles. The third-order valence-corrected chi connectivity index (χ3v) is 7.65. The Morgan fingerprint density at radius 1 is 1.07 bits per heavy atom. The third kappa shape index (κ3) is 8.31. The molecule has 1 amide bonds. The van der Waals surface area contributed by atoms with Gasteiger partial charge in [0.05, 0.1) is 36.3 Å². The Hall–Kier alpha value is -3.45. The Morgan fingerprint density at radius 2 is 1.76 bits per heavy atom. The number of halogens is 1. The topological polar surface area (TPSA) is 126 Å². The van der Waals surface area contributed by atoms with Gasteiger partial charge in [-0.25, -0.2) is 13.4 Å². The third-order valence-electron chi connectivity index (χ3n) is 6.75. The maximum Gasteiger partial charge on any atom is 0.255 e. The zero-order valence-corrected chi connectivity index (χ0v) is 26.3. The minimum atomic E-state index is -3.61. The van der Waals surface area contributed by atoms with Crippen LogP contribution < -0.4 is 19.5 Å². The molecule has 2 heterocycles. The quantitative estimate of drug-likeness (QED) is 0.355. The van der Waals surface area contributed by atoms with Gasteiger partial charge in [-0.2, -0.15) is 4.98 Å². The summed E-state index contributed by atoms with van der Waals surface area (Å²) in [6, 6.07) is 9.76. The predicted molar refractivity (Wildman–Crippen MR) is 164 cm³/mol. The zero-order valence-electron chi connectivity index (χ0n) is 24.7. The highest BCUT2D eigenvalue weighted by atomic mass is 35.5. The van der Waals surface area contributed by atoms with Crippen molar-refractivity contribution < 1.29 is 22.7 Å². The van der Waals surface area contributed by atoms with Crippen LogP contribution in [0.3, 0.4) is 0 Å². The van der Waals surface area contributed by atoms with E-state index in [9.17, 15) is 13.2 Å². The predicted octanol–water partition coefficient (Wildman–Crippen LogP) is 4.60. The molecular weight excluding hydrogens is 580 g/mol. The minimum Gasteiger partial charge on any atom is -0.492 e. The van der Waals surface area contributed by atoms with Gasteiger partial charge >= 0.3 is 0 Å². The number of carbonyl (C=O) groups excluding carboxylic acids is 1. The van der Waals surface area contributed by atoms with Crippen molar-refractivity contribution in [1.29, 1.82) is 0 Å². The summed E-state index contributed by atoms with van der Waals surface area (Å²) in [7, 11) is -0.102. The van der Waals surface area contributed by atoms with E-state index in [1.807, 2.05) is 20.8 Å². The maximum atomic E-state index is 13.4. The minimum absolute atomic E-state index is 0.182. The van der Waals surface area contributed by atoms with Crippen molar-refractivity contribution in [2.75, 3.05) is 56.6 Å². The number of hydrogen-bond acceptors (Lipinski definition) is 9. The molecule has 3 aromatic rings. The van der Waals surface area contributed by atoms with Crippen LogP contribution in [-0.4, -0.2) is 80.7 Å². The first kappa shape index (κ1) is 31.5. The van der Waals surface area contributed by atoms with Crippen molar-refractivity contribution in [2.24, 2.45) is 0 Å². The van der Waals surface area contributed by atoms with Crippen molar-refractivity contribution in [3.05, 3.63) is 64.6 Å². The van der Waals surface area contributed by atoms with E-state index < -0.39 is 15.9 Å². The van der Waals surface area contributed by atoms with E-state index in [2.05, 4.69) is 36.9 Å². The summed E-state index contributed by atoms with van der Waals surface area (Å²) in [6.45, 7) is 10.4. The average molecular weight is 617 g/mol. The number of likely N-dealkylation sites (N-methyl/N-ethyl adjacent to an activating group) is 1. The second-order valence-corrected chi connectivity index (χ2v) is 13.5. The molecule has 226 valence electrons. The number of nitrogens with one attached hydrogen (secondary N) is 2. The number of anilines is 2. The van der Waals surface area contributed by atoms with Crippen LogP contribution in [0.25, 0.3) is 0 Å². The molecule has 4 rings (SSSR count). The van der Waals surface area contributed by atoms with Crippen LogP contribution >= 0.6 is 11.6 Å². The summed E-state index contributed by atoms with van der Waals surface area (Å²) < 4.78 is 38.1. The first-order valence-electron chi connectivity index (χ1n) is 13.4. The number of hydrogen-bond donors (Lipinski definition) is 2. The van der Waals surface area contributed by atoms with Crippen molar-refractivity contribution in [3.63, 3.8) is 0 Å². The number of aromatic nitrogens is 2. The second-order valence-electron chi connectivity index (χ2n) is 11.3. The van der Waals surface area contributed by atoms with Gasteiger partial charge in [0.2, 0.25) is 15.9 Å². The maximum absolute atomic E-state index is 13.4. The summed E-state index contributed by atoms with van der Waals surface area (Å²) in [5.41, 5.74) is 1.24. The first-order valence-corrected chi connectivity index (χ1v) is 15.7. The molecule has 11 nitrogen and oxygen atoms in total. The van der Waals surface area contributed by atoms with Crippen molar-refractivity contribution in [3.8, 4) is 17.4 Å². The molecule has 0 spiro atoms. The van der Waals surface area contributed by atoms with Gasteiger partial charge in [-0.05, 0) is 48.4 Å². The summed E-state index contributed by atoms with van der Waals surface area (Å²) >= 11 is 6.42. The molecule has 0 radical (unpaired) electrons. The first-order chi connectivity index (χ1) is 19.7. The lowest BCUT2D eigenvalue weighted by atomic mass is 9.86. The highest BCUT2D eigenvalue weighted by Gasteiger charge is 2.23. The number of amides is 1. The van der Waals surface area contributed by atoms with Crippen LogP contribution in [0.15, 0.2) is 42.6 Å². The molecule has 0 bridgehead atoms. The number of nitrogens with zero attached hydrogens (tertiary/aromatic N) is 4. The van der Waals surface area contributed by atoms with Gasteiger partial charge in [0.1, 0.15) is 11.6 Å². The van der Waals surface area contributed by atoms with E-state index >= 15 is 0 Å². The fourth-order valence-electron chi connectivity index (χ4n) is 4.40. The summed E-state index contributed by atoms with van der Waals surface area (Å²) in [5, 5.41) is 3.16. The lowest BCUT2D eigenvalue weighted by Gasteiger charge is -2.31. The summed E-state index contributed by atoms with van der Waals surface area (Å²) in [5.74, 6) is 0.908. The molecule has 13 heteroatoms. The molecule has 1 aliphatic heterocycles. The molecule has 0 atom stereocenters. The fraction of sp³-hybridized carbons (Fsp3) is 0.414. The molecule has 1 aliphatic rings. The molecule has 0 aliphatic carbocycles. The lowest BCUT2D eigenvalue weighted by Crippen LogP contribution is -2.44. The normalized spacial score (nSPS) is 14.8. The number of rotatable bonds is 9. The van der Waals surface area contributed by atoms with Crippen molar-refractivity contribution in [2.45, 2.75) is 32.7 Å². The van der Waals surface area contributed by atoms with Gasteiger partial charge in [0, 0.05) is 44.0 Å². The molecule has 42 heavy (non-hydrogen) atoms. The van der Waals surface area contributed by atoms with E-state index in [4.69, 9.17) is 21.1 Å². The van der Waals surface area contributed by atoms with E-state index in [1.165, 1.54) is 13.2 Å². The van der Waals surface area contributed by atoms with Crippen LogP contribution in [0.1, 0.15) is 42.5 Å². The Bertz CT molecular complexity index is 1550. The van der Waals surface area contributed by atoms with Crippen LogP contribution in [0.4, 0.5) is 11.4 Å². The van der Waals surface area contributed by atoms with Gasteiger partial charge in [-0.15, -0.1) is 0 Å². The fourth-order valence-corrected chi connectivity index (χ4v) is 5.11. The summed E-state index contributed by atoms with van der Waals surface area (Å²) in [4.78, 5) is 26.9. The number of benzene rings is 2. The second kappa shape index (κ2) is 12.8. The molecule has 0 unspecified atom stereocenters. The van der Waals surface area contributed by atoms with Gasteiger partial charge in [0.25, 0.3) is 5.91 Å². The Kier molecular flexibility index (Phi) is 9.61. The average Bonchev–Trinajstić information content (AvgIpc) is 2.90. The van der Waals surface area contributed by atoms with Crippen LogP contribution in [0.5, 0.6) is 17.4 Å². The van der Waals surface area contributed by atoms with E-state index in [1.54, 1.807) is 36.5 Å². The molecule has 2 aromatic carbocycles. The SMILES string of the molecule is COc1c(NC(=O)c2ccc(Cl)c(Oc3ccnc(CN4CCN(C)CC4)n3)c2)cc(C(C)(C)C)cc1NS(C)(=O)=O. The van der Waals surface area contributed by atoms with Crippen LogP contribution in [0, 0.1) is 0 Å². The Labute approximate surface area is 252 Å². The lowest BCUT2D eigenvalue weighted by molar-refractivity contribution is 0.102. The zero-order chi connectivity index (χ0) is 30.7.